The van der Waals surface area contributed by atoms with E-state index in [1.54, 1.807) is 6.07 Å². The zero-order valence-electron chi connectivity index (χ0n) is 27.8. The van der Waals surface area contributed by atoms with E-state index >= 15 is 0 Å². The molecule has 0 radical (unpaired) electrons. The number of anilines is 2. The monoisotopic (exact) mass is 683 g/mol. The van der Waals surface area contributed by atoms with E-state index in [9.17, 15) is 9.59 Å². The highest BCUT2D eigenvalue weighted by Gasteiger charge is 2.26. The molecule has 46 heavy (non-hydrogen) atoms. The van der Waals surface area contributed by atoms with Crippen molar-refractivity contribution in [2.75, 3.05) is 23.3 Å². The van der Waals surface area contributed by atoms with Crippen LogP contribution < -0.4 is 15.5 Å². The number of imidazole rings is 1. The predicted octanol–water partition coefficient (Wildman–Crippen LogP) is 7.77. The molecule has 9 nitrogen and oxygen atoms in total. The third-order valence-corrected chi connectivity index (χ3v) is 10.6. The minimum atomic E-state index is -0.512. The molecule has 1 aliphatic rings. The molecule has 1 fully saturated rings. The van der Waals surface area contributed by atoms with Crippen molar-refractivity contribution in [3.05, 3.63) is 61.8 Å². The smallest absolute Gasteiger partial charge is 0.259 e. The number of rotatable bonds is 7. The van der Waals surface area contributed by atoms with E-state index in [-0.39, 0.29) is 17.2 Å². The van der Waals surface area contributed by atoms with Crippen molar-refractivity contribution in [1.82, 2.24) is 25.1 Å². The highest BCUT2D eigenvalue weighted by atomic mass is 35.5. The molecule has 0 saturated carbocycles. The summed E-state index contributed by atoms with van der Waals surface area (Å²) in [5.41, 5.74) is 3.87. The summed E-state index contributed by atoms with van der Waals surface area (Å²) < 4.78 is 2.04. The van der Waals surface area contributed by atoms with Crippen LogP contribution in [-0.4, -0.2) is 44.7 Å². The van der Waals surface area contributed by atoms with Crippen molar-refractivity contribution in [3.63, 3.8) is 0 Å². The van der Waals surface area contributed by atoms with Crippen LogP contribution in [0, 0.1) is 11.3 Å². The highest BCUT2D eigenvalue weighted by Crippen LogP contribution is 2.35. The van der Waals surface area contributed by atoms with Gasteiger partial charge in [-0.15, -0.1) is 10.2 Å². The number of aryl methyl sites for hydroxylation is 1. The fourth-order valence-corrected chi connectivity index (χ4v) is 6.78. The van der Waals surface area contributed by atoms with Crippen LogP contribution in [0.3, 0.4) is 0 Å². The molecule has 0 unspecified atom stereocenters. The minimum Gasteiger partial charge on any atom is -0.371 e. The van der Waals surface area contributed by atoms with Crippen molar-refractivity contribution in [3.8, 4) is 0 Å². The first-order valence-corrected chi connectivity index (χ1v) is 17.2. The zero-order chi connectivity index (χ0) is 33.6. The van der Waals surface area contributed by atoms with E-state index in [1.165, 1.54) is 11.3 Å². The van der Waals surface area contributed by atoms with E-state index in [1.807, 2.05) is 44.5 Å². The fraction of sp³-hybridized carbons (Fsp3) is 0.500. The second-order valence-corrected chi connectivity index (χ2v) is 16.1. The molecule has 0 aliphatic carbocycles. The van der Waals surface area contributed by atoms with Crippen LogP contribution in [0.4, 0.5) is 10.8 Å². The summed E-state index contributed by atoms with van der Waals surface area (Å²) in [6.45, 7) is 16.1. The minimum absolute atomic E-state index is 0.0602. The number of piperidine rings is 1. The Balaban J connectivity index is 1.49. The molecule has 3 heterocycles. The average molecular weight is 685 g/mol. The molecule has 5 rings (SSSR count). The van der Waals surface area contributed by atoms with Crippen molar-refractivity contribution in [1.29, 1.82) is 0 Å². The SMILES string of the molecule is CC1CCN(c2cc3c(cc2C(=O)Nc2nnc(C(C)(C)C)s2)nc(Cc2c(Cl)ccc(CNC(=O)C(C)(C)C)c2Cl)n3C)CC1. The molecule has 246 valence electrons. The normalized spacial score (nSPS) is 14.6. The summed E-state index contributed by atoms with van der Waals surface area (Å²) in [5.74, 6) is 1.10. The predicted molar refractivity (Wildman–Crippen MR) is 188 cm³/mol. The van der Waals surface area contributed by atoms with Crippen molar-refractivity contribution < 1.29 is 9.59 Å². The van der Waals surface area contributed by atoms with E-state index in [0.29, 0.717) is 45.1 Å². The first-order valence-electron chi connectivity index (χ1n) is 15.7. The van der Waals surface area contributed by atoms with Crippen molar-refractivity contribution >= 4 is 68.2 Å². The second-order valence-electron chi connectivity index (χ2n) is 14.3. The quantitative estimate of drug-likeness (QED) is 0.206. The van der Waals surface area contributed by atoms with Crippen LogP contribution >= 0.6 is 34.5 Å². The molecule has 2 aromatic carbocycles. The third-order valence-electron chi connectivity index (χ3n) is 8.47. The van der Waals surface area contributed by atoms with E-state index in [0.717, 1.165) is 59.1 Å². The number of fused-ring (bicyclic) bond motifs is 1. The van der Waals surface area contributed by atoms with Gasteiger partial charge >= 0.3 is 0 Å². The van der Waals surface area contributed by atoms with Crippen LogP contribution in [0.5, 0.6) is 0 Å². The Morgan fingerprint density at radius 3 is 2.37 bits per heavy atom. The fourth-order valence-electron chi connectivity index (χ4n) is 5.41. The number of nitrogens with one attached hydrogen (secondary N) is 2. The molecule has 1 saturated heterocycles. The third kappa shape index (κ3) is 7.34. The largest absolute Gasteiger partial charge is 0.371 e. The van der Waals surface area contributed by atoms with Gasteiger partial charge in [0.15, 0.2) is 0 Å². The first-order chi connectivity index (χ1) is 21.5. The summed E-state index contributed by atoms with van der Waals surface area (Å²) in [7, 11) is 1.97. The average Bonchev–Trinajstić information content (AvgIpc) is 3.58. The summed E-state index contributed by atoms with van der Waals surface area (Å²) >= 11 is 14.9. The lowest BCUT2D eigenvalue weighted by molar-refractivity contribution is -0.128. The second kappa shape index (κ2) is 13.1. The number of nitrogens with zero attached hydrogens (tertiary/aromatic N) is 5. The molecule has 12 heteroatoms. The number of amides is 2. The lowest BCUT2D eigenvalue weighted by atomic mass is 9.95. The number of carbonyl (C=O) groups excluding carboxylic acids is 2. The molecule has 2 amide bonds. The van der Waals surface area contributed by atoms with Crippen molar-refractivity contribution in [2.45, 2.75) is 79.7 Å². The van der Waals surface area contributed by atoms with Gasteiger partial charge in [0.05, 0.1) is 27.3 Å². The Morgan fingerprint density at radius 2 is 1.74 bits per heavy atom. The summed E-state index contributed by atoms with van der Waals surface area (Å²) in [4.78, 5) is 33.6. The van der Waals surface area contributed by atoms with Gasteiger partial charge in [-0.05, 0) is 48.1 Å². The van der Waals surface area contributed by atoms with Gasteiger partial charge in [0, 0.05) is 49.0 Å². The number of halogens is 2. The maximum absolute atomic E-state index is 13.8. The van der Waals surface area contributed by atoms with Crippen molar-refractivity contribution in [2.24, 2.45) is 18.4 Å². The van der Waals surface area contributed by atoms with Gasteiger partial charge < -0.3 is 14.8 Å². The Hall–Kier alpha value is -3.21. The topological polar surface area (TPSA) is 105 Å². The van der Waals surface area contributed by atoms with Gasteiger partial charge in [-0.1, -0.05) is 89.1 Å². The number of carbonyl (C=O) groups is 2. The maximum Gasteiger partial charge on any atom is 0.259 e. The number of benzene rings is 2. The van der Waals surface area contributed by atoms with Crippen LogP contribution in [0.15, 0.2) is 24.3 Å². The molecule has 0 spiro atoms. The molecular weight excluding hydrogens is 641 g/mol. The Kier molecular flexibility index (Phi) is 9.74. The van der Waals surface area contributed by atoms with Gasteiger partial charge in [-0.25, -0.2) is 4.98 Å². The maximum atomic E-state index is 13.8. The van der Waals surface area contributed by atoms with Crippen LogP contribution in [-0.2, 0) is 30.2 Å². The van der Waals surface area contributed by atoms with Crippen LogP contribution in [0.25, 0.3) is 11.0 Å². The number of hydrogen-bond donors (Lipinski definition) is 2. The van der Waals surface area contributed by atoms with Gasteiger partial charge in [0.1, 0.15) is 10.8 Å². The Bertz CT molecular complexity index is 1780. The van der Waals surface area contributed by atoms with Crippen LogP contribution in [0.1, 0.15) is 93.6 Å². The summed E-state index contributed by atoms with van der Waals surface area (Å²) in [6, 6.07) is 7.58. The molecule has 0 atom stereocenters. The van der Waals surface area contributed by atoms with E-state index in [2.05, 4.69) is 59.5 Å². The molecule has 0 bridgehead atoms. The Morgan fingerprint density at radius 1 is 1.04 bits per heavy atom. The molecule has 2 N–H and O–H groups in total. The van der Waals surface area contributed by atoms with Gasteiger partial charge in [-0.3, -0.25) is 14.9 Å². The molecular formula is C34H43Cl2N7O2S. The highest BCUT2D eigenvalue weighted by molar-refractivity contribution is 7.15. The van der Waals surface area contributed by atoms with E-state index in [4.69, 9.17) is 28.2 Å². The zero-order valence-corrected chi connectivity index (χ0v) is 30.2. The lowest BCUT2D eigenvalue weighted by Crippen LogP contribution is -2.34. The molecule has 1 aliphatic heterocycles. The number of aromatic nitrogens is 4. The van der Waals surface area contributed by atoms with Gasteiger partial charge in [0.25, 0.3) is 5.91 Å². The lowest BCUT2D eigenvalue weighted by Gasteiger charge is -2.33. The standard InChI is InChI=1S/C34H43Cl2N7O2S/c1-19-11-13-43(14-12-19)25-17-26-24(15-22(25)29(44)39-32-41-40-31(46-32)34(5,6)7)38-27(42(26)8)16-21-23(35)10-9-20(28(21)36)18-37-30(45)33(2,3)4/h9-10,15,17,19H,11-14,16,18H2,1-8H3,(H,37,45)(H,39,41,44). The van der Waals surface area contributed by atoms with Gasteiger partial charge in [-0.2, -0.15) is 0 Å². The summed E-state index contributed by atoms with van der Waals surface area (Å²) in [5, 5.41) is 16.9. The van der Waals surface area contributed by atoms with Crippen LogP contribution in [0.2, 0.25) is 10.0 Å². The van der Waals surface area contributed by atoms with Gasteiger partial charge in [0.2, 0.25) is 11.0 Å². The summed E-state index contributed by atoms with van der Waals surface area (Å²) in [6.07, 6.45) is 2.50. The first kappa shape index (κ1) is 34.1. The Labute approximate surface area is 285 Å². The van der Waals surface area contributed by atoms with E-state index < -0.39 is 5.41 Å². The molecule has 2 aromatic heterocycles. The molecule has 4 aromatic rings. The number of hydrogen-bond acceptors (Lipinski definition) is 7.